The first-order chi connectivity index (χ1) is 10.6. The molecule has 5 heteroatoms. The van der Waals surface area contributed by atoms with Crippen molar-refractivity contribution in [3.63, 3.8) is 0 Å². The number of amides is 1. The number of benzene rings is 1. The van der Waals surface area contributed by atoms with Crippen molar-refractivity contribution in [2.24, 2.45) is 16.9 Å². The largest absolute Gasteiger partial charge is 0.497 e. The Bertz CT molecular complexity index is 530. The molecule has 2 atom stereocenters. The normalized spacial score (nSPS) is 21.1. The molecule has 1 fully saturated rings. The van der Waals surface area contributed by atoms with Gasteiger partial charge in [-0.1, -0.05) is 26.3 Å². The smallest absolute Gasteiger partial charge is 0.259 e. The van der Waals surface area contributed by atoms with Gasteiger partial charge >= 0.3 is 0 Å². The van der Waals surface area contributed by atoms with E-state index in [2.05, 4.69) is 29.7 Å². The summed E-state index contributed by atoms with van der Waals surface area (Å²) in [5, 5.41) is 7.41. The number of hydrogen-bond donors (Lipinski definition) is 2. The maximum atomic E-state index is 11.9. The Morgan fingerprint density at radius 3 is 2.73 bits per heavy atom. The number of ether oxygens (including phenoxy) is 1. The molecule has 0 unspecified atom stereocenters. The van der Waals surface area contributed by atoms with Gasteiger partial charge in [0, 0.05) is 17.5 Å². The summed E-state index contributed by atoms with van der Waals surface area (Å²) in [7, 11) is 1.62. The van der Waals surface area contributed by atoms with E-state index in [0.29, 0.717) is 11.8 Å². The van der Waals surface area contributed by atoms with Gasteiger partial charge in [0.2, 0.25) is 0 Å². The summed E-state index contributed by atoms with van der Waals surface area (Å²) >= 11 is 0. The summed E-state index contributed by atoms with van der Waals surface area (Å²) in [5.74, 6) is 1.53. The van der Waals surface area contributed by atoms with Crippen molar-refractivity contribution in [3.05, 3.63) is 24.3 Å². The van der Waals surface area contributed by atoms with E-state index in [1.165, 1.54) is 6.42 Å². The Balaban J connectivity index is 1.85. The molecule has 0 saturated heterocycles. The lowest BCUT2D eigenvalue weighted by Crippen LogP contribution is -2.31. The topological polar surface area (TPSA) is 62.7 Å². The highest BCUT2D eigenvalue weighted by Crippen LogP contribution is 2.25. The minimum Gasteiger partial charge on any atom is -0.497 e. The van der Waals surface area contributed by atoms with Crippen LogP contribution in [0.15, 0.2) is 29.4 Å². The Morgan fingerprint density at radius 1 is 1.32 bits per heavy atom. The quantitative estimate of drug-likeness (QED) is 0.822. The molecule has 0 aliphatic heterocycles. The first-order valence-corrected chi connectivity index (χ1v) is 7.84. The molecule has 1 aliphatic rings. The van der Waals surface area contributed by atoms with E-state index in [0.717, 1.165) is 30.0 Å². The standard InChI is InChI=1S/C17H25N3O2/c1-12-6-4-7-13(2)17(12)20-19-16(21)11-18-14-8-5-9-15(10-14)22-3/h5,8-10,12-13,18H,4,6-7,11H2,1-3H3,(H,19,21)/t12-,13-/m1/s1. The molecule has 0 bridgehead atoms. The molecule has 1 saturated carbocycles. The zero-order valence-corrected chi connectivity index (χ0v) is 13.6. The number of carbonyl (C=O) groups is 1. The lowest BCUT2D eigenvalue weighted by molar-refractivity contribution is -0.119. The van der Waals surface area contributed by atoms with Crippen LogP contribution in [0.2, 0.25) is 0 Å². The third-order valence-corrected chi connectivity index (χ3v) is 4.12. The van der Waals surface area contributed by atoms with E-state index < -0.39 is 0 Å². The molecule has 0 radical (unpaired) electrons. The Morgan fingerprint density at radius 2 is 2.05 bits per heavy atom. The van der Waals surface area contributed by atoms with Crippen molar-refractivity contribution in [1.82, 2.24) is 5.43 Å². The highest BCUT2D eigenvalue weighted by Gasteiger charge is 2.23. The summed E-state index contributed by atoms with van der Waals surface area (Å²) in [6.07, 6.45) is 3.55. The van der Waals surface area contributed by atoms with E-state index in [-0.39, 0.29) is 12.5 Å². The van der Waals surface area contributed by atoms with Crippen molar-refractivity contribution >= 4 is 17.3 Å². The molecular weight excluding hydrogens is 278 g/mol. The third kappa shape index (κ3) is 4.48. The highest BCUT2D eigenvalue weighted by molar-refractivity contribution is 5.90. The SMILES string of the molecule is COc1cccc(NCC(=O)NN=C2[C@H](C)CCC[C@H]2C)c1. The van der Waals surface area contributed by atoms with Gasteiger partial charge in [0.1, 0.15) is 5.75 Å². The Hall–Kier alpha value is -2.04. The van der Waals surface area contributed by atoms with Crippen LogP contribution in [0.25, 0.3) is 0 Å². The number of anilines is 1. The van der Waals surface area contributed by atoms with Crippen molar-refractivity contribution < 1.29 is 9.53 Å². The van der Waals surface area contributed by atoms with Crippen molar-refractivity contribution in [2.45, 2.75) is 33.1 Å². The monoisotopic (exact) mass is 303 g/mol. The maximum Gasteiger partial charge on any atom is 0.259 e. The maximum absolute atomic E-state index is 11.9. The van der Waals surface area contributed by atoms with Gasteiger partial charge in [-0.3, -0.25) is 4.79 Å². The highest BCUT2D eigenvalue weighted by atomic mass is 16.5. The Labute approximate surface area is 132 Å². The third-order valence-electron chi connectivity index (χ3n) is 4.12. The summed E-state index contributed by atoms with van der Waals surface area (Å²) in [6.45, 7) is 4.54. The fraction of sp³-hybridized carbons (Fsp3) is 0.529. The molecule has 1 aromatic rings. The molecule has 5 nitrogen and oxygen atoms in total. The second kappa shape index (κ2) is 7.82. The average molecular weight is 303 g/mol. The predicted octanol–water partition coefficient (Wildman–Crippen LogP) is 3.04. The van der Waals surface area contributed by atoms with Crippen LogP contribution in [-0.4, -0.2) is 25.3 Å². The van der Waals surface area contributed by atoms with Gasteiger partial charge in [-0.25, -0.2) is 5.43 Å². The van der Waals surface area contributed by atoms with Crippen LogP contribution in [0, 0.1) is 11.8 Å². The lowest BCUT2D eigenvalue weighted by atomic mass is 9.81. The first kappa shape index (κ1) is 16.3. The zero-order valence-electron chi connectivity index (χ0n) is 13.6. The Kier molecular flexibility index (Phi) is 5.81. The first-order valence-electron chi connectivity index (χ1n) is 7.84. The molecule has 22 heavy (non-hydrogen) atoms. The summed E-state index contributed by atoms with van der Waals surface area (Å²) in [4.78, 5) is 11.9. The van der Waals surface area contributed by atoms with E-state index >= 15 is 0 Å². The van der Waals surface area contributed by atoms with Crippen LogP contribution in [-0.2, 0) is 4.79 Å². The molecule has 1 aromatic carbocycles. The fourth-order valence-electron chi connectivity index (χ4n) is 2.81. The second-order valence-corrected chi connectivity index (χ2v) is 5.89. The van der Waals surface area contributed by atoms with Gasteiger partial charge in [-0.05, 0) is 36.8 Å². The number of nitrogens with zero attached hydrogens (tertiary/aromatic N) is 1. The average Bonchev–Trinajstić information content (AvgIpc) is 2.52. The molecule has 120 valence electrons. The predicted molar refractivity (Wildman–Crippen MR) is 89.2 cm³/mol. The lowest BCUT2D eigenvalue weighted by Gasteiger charge is -2.26. The molecular formula is C17H25N3O2. The van der Waals surface area contributed by atoms with Crippen LogP contribution < -0.4 is 15.5 Å². The van der Waals surface area contributed by atoms with Crippen molar-refractivity contribution in [2.75, 3.05) is 19.0 Å². The molecule has 0 spiro atoms. The molecule has 1 aliphatic carbocycles. The van der Waals surface area contributed by atoms with Gasteiger partial charge in [0.05, 0.1) is 13.7 Å². The van der Waals surface area contributed by atoms with Crippen molar-refractivity contribution in [3.8, 4) is 5.75 Å². The molecule has 0 aromatic heterocycles. The number of methoxy groups -OCH3 is 1. The van der Waals surface area contributed by atoms with Crippen LogP contribution in [0.3, 0.4) is 0 Å². The van der Waals surface area contributed by atoms with Gasteiger partial charge in [0.15, 0.2) is 0 Å². The minimum atomic E-state index is -0.139. The van der Waals surface area contributed by atoms with Gasteiger partial charge in [-0.2, -0.15) is 5.10 Å². The molecule has 2 rings (SSSR count). The number of nitrogens with one attached hydrogen (secondary N) is 2. The van der Waals surface area contributed by atoms with E-state index in [1.54, 1.807) is 7.11 Å². The van der Waals surface area contributed by atoms with Gasteiger partial charge < -0.3 is 10.1 Å². The van der Waals surface area contributed by atoms with Crippen LogP contribution in [0.4, 0.5) is 5.69 Å². The zero-order chi connectivity index (χ0) is 15.9. The summed E-state index contributed by atoms with van der Waals surface area (Å²) < 4.78 is 5.15. The fourth-order valence-corrected chi connectivity index (χ4v) is 2.81. The van der Waals surface area contributed by atoms with Crippen LogP contribution in [0.5, 0.6) is 5.75 Å². The van der Waals surface area contributed by atoms with E-state index in [4.69, 9.17) is 4.74 Å². The van der Waals surface area contributed by atoms with Gasteiger partial charge in [-0.15, -0.1) is 0 Å². The van der Waals surface area contributed by atoms with E-state index in [9.17, 15) is 4.79 Å². The molecule has 2 N–H and O–H groups in total. The number of carbonyl (C=O) groups excluding carboxylic acids is 1. The van der Waals surface area contributed by atoms with Crippen molar-refractivity contribution in [1.29, 1.82) is 0 Å². The molecule has 1 amide bonds. The summed E-state index contributed by atoms with van der Waals surface area (Å²) in [6, 6.07) is 7.49. The van der Waals surface area contributed by atoms with Gasteiger partial charge in [0.25, 0.3) is 5.91 Å². The van der Waals surface area contributed by atoms with E-state index in [1.807, 2.05) is 24.3 Å². The molecule has 0 heterocycles. The number of hydrazone groups is 1. The van der Waals surface area contributed by atoms with Crippen LogP contribution in [0.1, 0.15) is 33.1 Å². The second-order valence-electron chi connectivity index (χ2n) is 5.89. The van der Waals surface area contributed by atoms with Crippen LogP contribution >= 0.6 is 0 Å². The summed E-state index contributed by atoms with van der Waals surface area (Å²) in [5.41, 5.74) is 4.63. The number of hydrogen-bond acceptors (Lipinski definition) is 4. The number of rotatable bonds is 5. The minimum absolute atomic E-state index is 0.139.